The molecule has 10 heteroatoms. The number of amides is 1. The summed E-state index contributed by atoms with van der Waals surface area (Å²) in [6.45, 7) is 3.71. The number of nitrogen functional groups attached to an aromatic ring is 2. The molecular formula is C25H37N4O5S+. The Morgan fingerprint density at radius 1 is 1.00 bits per heavy atom. The zero-order chi connectivity index (χ0) is 26.2. The van der Waals surface area contributed by atoms with Gasteiger partial charge >= 0.3 is 21.9 Å². The van der Waals surface area contributed by atoms with Crippen molar-refractivity contribution in [1.29, 1.82) is 0 Å². The van der Waals surface area contributed by atoms with Crippen LogP contribution in [-0.2, 0) is 26.0 Å². The van der Waals surface area contributed by atoms with Crippen molar-refractivity contribution in [2.45, 2.75) is 56.9 Å². The Labute approximate surface area is 207 Å². The van der Waals surface area contributed by atoms with Crippen LogP contribution in [0, 0.1) is 5.92 Å². The monoisotopic (exact) mass is 505 g/mol. The summed E-state index contributed by atoms with van der Waals surface area (Å²) >= 11 is 0. The van der Waals surface area contributed by atoms with Gasteiger partial charge in [-0.1, -0.05) is 26.0 Å². The smallest absolute Gasteiger partial charge is 0.364 e. The van der Waals surface area contributed by atoms with Gasteiger partial charge in [0.15, 0.2) is 0 Å². The van der Waals surface area contributed by atoms with E-state index in [4.69, 9.17) is 17.2 Å². The number of anilines is 2. The number of benzene rings is 2. The lowest BCUT2D eigenvalue weighted by Gasteiger charge is -2.40. The first-order valence-electron chi connectivity index (χ1n) is 11.7. The first-order valence-corrected chi connectivity index (χ1v) is 13.2. The predicted molar refractivity (Wildman–Crippen MR) is 137 cm³/mol. The Morgan fingerprint density at radius 2 is 1.66 bits per heavy atom. The average Bonchev–Trinajstić information content (AvgIpc) is 2.79. The van der Waals surface area contributed by atoms with Crippen LogP contribution in [0.2, 0.25) is 0 Å². The first-order chi connectivity index (χ1) is 16.5. The molecule has 0 aliphatic heterocycles. The number of aliphatic carboxylic acids is 1. The van der Waals surface area contributed by atoms with E-state index in [0.29, 0.717) is 30.8 Å². The van der Waals surface area contributed by atoms with Crippen LogP contribution in [0.1, 0.15) is 45.1 Å². The summed E-state index contributed by atoms with van der Waals surface area (Å²) in [4.78, 5) is 26.4. The SMILES string of the molecule is CC(C)C[N+](C(=O)CCc1cccc(N)c1)([C@@H](CCCCN)C(=O)O)S(=O)(=O)c1ccc(N)cc1. The van der Waals surface area contributed by atoms with Crippen molar-refractivity contribution in [3.8, 4) is 0 Å². The van der Waals surface area contributed by atoms with Gasteiger partial charge in [-0.2, -0.15) is 8.42 Å². The molecule has 9 nitrogen and oxygen atoms in total. The highest BCUT2D eigenvalue weighted by molar-refractivity contribution is 7.86. The Hall–Kier alpha value is -2.95. The van der Waals surface area contributed by atoms with Crippen LogP contribution in [-0.4, -0.2) is 48.4 Å². The van der Waals surface area contributed by atoms with Crippen LogP contribution < -0.4 is 17.2 Å². The number of rotatable bonds is 13. The van der Waals surface area contributed by atoms with Crippen LogP contribution in [0.15, 0.2) is 53.4 Å². The number of sulfonamides is 1. The number of nitrogens with two attached hydrogens (primary N) is 3. The van der Waals surface area contributed by atoms with E-state index >= 15 is 0 Å². The van der Waals surface area contributed by atoms with Gasteiger partial charge in [0.25, 0.3) is 0 Å². The van der Waals surface area contributed by atoms with Crippen molar-refractivity contribution in [1.82, 2.24) is 0 Å². The Balaban J connectivity index is 2.68. The van der Waals surface area contributed by atoms with Crippen LogP contribution in [0.5, 0.6) is 0 Å². The van der Waals surface area contributed by atoms with E-state index in [-0.39, 0.29) is 36.6 Å². The molecule has 192 valence electrons. The number of aryl methyl sites for hydroxylation is 1. The second-order valence-corrected chi connectivity index (χ2v) is 11.3. The topological polar surface area (TPSA) is 167 Å². The first kappa shape index (κ1) is 28.3. The maximum absolute atomic E-state index is 14.2. The summed E-state index contributed by atoms with van der Waals surface area (Å²) in [6, 6.07) is 11.0. The zero-order valence-corrected chi connectivity index (χ0v) is 21.2. The lowest BCUT2D eigenvalue weighted by Crippen LogP contribution is -2.66. The summed E-state index contributed by atoms with van der Waals surface area (Å²) in [5.74, 6) is -2.29. The van der Waals surface area contributed by atoms with Gasteiger partial charge in [0, 0.05) is 23.7 Å². The molecule has 2 aromatic rings. The highest BCUT2D eigenvalue weighted by Crippen LogP contribution is 2.34. The molecule has 7 N–H and O–H groups in total. The molecule has 1 amide bonds. The number of carbonyl (C=O) groups excluding carboxylic acids is 1. The molecule has 0 saturated heterocycles. The van der Waals surface area contributed by atoms with Gasteiger partial charge in [-0.05, 0) is 67.8 Å². The summed E-state index contributed by atoms with van der Waals surface area (Å²) in [6.07, 6.45) is 0.965. The third-order valence-corrected chi connectivity index (χ3v) is 8.30. The summed E-state index contributed by atoms with van der Waals surface area (Å²) in [5.41, 5.74) is 18.8. The van der Waals surface area contributed by atoms with Crippen LogP contribution in [0.25, 0.3) is 0 Å². The lowest BCUT2D eigenvalue weighted by atomic mass is 10.0. The van der Waals surface area contributed by atoms with E-state index in [1.54, 1.807) is 38.1 Å². The molecule has 0 bridgehead atoms. The minimum Gasteiger partial charge on any atom is -0.477 e. The molecule has 0 radical (unpaired) electrons. The van der Waals surface area contributed by atoms with E-state index in [9.17, 15) is 23.1 Å². The molecular weight excluding hydrogens is 468 g/mol. The van der Waals surface area contributed by atoms with E-state index in [1.807, 2.05) is 0 Å². The number of carboxylic acid groups (broad SMARTS) is 1. The maximum Gasteiger partial charge on any atom is 0.364 e. The van der Waals surface area contributed by atoms with Gasteiger partial charge in [-0.25, -0.2) is 9.59 Å². The molecule has 2 rings (SSSR count). The Morgan fingerprint density at radius 3 is 2.20 bits per heavy atom. The number of unbranched alkanes of at least 4 members (excludes halogenated alkanes) is 1. The molecule has 2 aromatic carbocycles. The summed E-state index contributed by atoms with van der Waals surface area (Å²) in [7, 11) is -4.47. The highest BCUT2D eigenvalue weighted by atomic mass is 32.2. The number of quaternary nitrogens is 1. The molecule has 0 aliphatic carbocycles. The number of hydrogen-bond acceptors (Lipinski definition) is 7. The third kappa shape index (κ3) is 6.59. The molecule has 1 unspecified atom stereocenters. The quantitative estimate of drug-likeness (QED) is 0.183. The average molecular weight is 506 g/mol. The number of hydrogen-bond donors (Lipinski definition) is 4. The van der Waals surface area contributed by atoms with Crippen molar-refractivity contribution < 1.29 is 27.0 Å². The normalized spacial score (nSPS) is 14.4. The van der Waals surface area contributed by atoms with Gasteiger partial charge in [0.05, 0.1) is 6.42 Å². The van der Waals surface area contributed by atoms with Crippen LogP contribution >= 0.6 is 0 Å². The van der Waals surface area contributed by atoms with E-state index < -0.39 is 31.8 Å². The second-order valence-electron chi connectivity index (χ2n) is 9.19. The van der Waals surface area contributed by atoms with Crippen molar-refractivity contribution in [2.24, 2.45) is 11.7 Å². The molecule has 0 saturated carbocycles. The lowest BCUT2D eigenvalue weighted by molar-refractivity contribution is -0.753. The highest BCUT2D eigenvalue weighted by Gasteiger charge is 2.58. The third-order valence-electron chi connectivity index (χ3n) is 5.96. The van der Waals surface area contributed by atoms with Gasteiger partial charge in [-0.15, -0.1) is 3.89 Å². The van der Waals surface area contributed by atoms with E-state index in [1.165, 1.54) is 24.3 Å². The van der Waals surface area contributed by atoms with Crippen LogP contribution in [0.3, 0.4) is 0 Å². The number of carbonyl (C=O) groups is 2. The fourth-order valence-electron chi connectivity index (χ4n) is 4.35. The predicted octanol–water partition coefficient (Wildman–Crippen LogP) is 2.75. The fraction of sp³-hybridized carbons (Fsp3) is 0.440. The Kier molecular flexibility index (Phi) is 9.82. The molecule has 0 aliphatic rings. The largest absolute Gasteiger partial charge is 0.477 e. The molecule has 35 heavy (non-hydrogen) atoms. The fourth-order valence-corrected chi connectivity index (χ4v) is 6.60. The van der Waals surface area contributed by atoms with Gasteiger partial charge < -0.3 is 22.3 Å². The van der Waals surface area contributed by atoms with E-state index in [0.717, 1.165) is 5.56 Å². The summed E-state index contributed by atoms with van der Waals surface area (Å²) in [5, 5.41) is 10.2. The van der Waals surface area contributed by atoms with E-state index in [2.05, 4.69) is 0 Å². The number of nitrogens with zero attached hydrogens (tertiary/aromatic N) is 1. The van der Waals surface area contributed by atoms with Crippen LogP contribution in [0.4, 0.5) is 11.4 Å². The molecule has 0 fully saturated rings. The van der Waals surface area contributed by atoms with Crippen molar-refractivity contribution in [3.63, 3.8) is 0 Å². The zero-order valence-electron chi connectivity index (χ0n) is 20.4. The molecule has 0 spiro atoms. The van der Waals surface area contributed by atoms with Gasteiger partial charge in [0.1, 0.15) is 11.4 Å². The molecule has 2 atom stereocenters. The summed E-state index contributed by atoms with van der Waals surface area (Å²) < 4.78 is 27.2. The van der Waals surface area contributed by atoms with Crippen molar-refractivity contribution >= 4 is 33.3 Å². The minimum atomic E-state index is -4.47. The van der Waals surface area contributed by atoms with Crippen molar-refractivity contribution in [3.05, 3.63) is 54.1 Å². The maximum atomic E-state index is 14.2. The molecule has 0 aromatic heterocycles. The second kappa shape index (κ2) is 12.1. The standard InChI is InChI=1S/C25H36N4O5S/c1-18(2)17-29(23(25(31)32)8-3-4-15-26,35(33,34)22-12-10-20(27)11-13-22)24(30)14-9-19-6-5-7-21(28)16-19/h5-7,10-13,16,18,23H,3-4,8-9,14-15,17,26-28H2,1-2H3/p+1/t23-,29?/m0/s1. The Bertz CT molecular complexity index is 1120. The van der Waals surface area contributed by atoms with Gasteiger partial charge in [0.2, 0.25) is 6.04 Å². The van der Waals surface area contributed by atoms with Gasteiger partial charge in [-0.3, -0.25) is 0 Å². The molecule has 0 heterocycles. The minimum absolute atomic E-state index is 0.00250. The van der Waals surface area contributed by atoms with Crippen molar-refractivity contribution in [2.75, 3.05) is 24.6 Å². The number of carboxylic acids is 1.